The molecule has 190 valence electrons. The number of rotatable bonds is 4. The highest BCUT2D eigenvalue weighted by Gasteiger charge is 2.04. The molecule has 0 radical (unpaired) electrons. The first-order valence-electron chi connectivity index (χ1n) is 12.3. The van der Waals surface area contributed by atoms with Gasteiger partial charge in [0.05, 0.1) is 5.69 Å². The summed E-state index contributed by atoms with van der Waals surface area (Å²) in [6, 6.07) is 16.2. The molecule has 0 unspecified atom stereocenters. The van der Waals surface area contributed by atoms with Gasteiger partial charge in [-0.05, 0) is 67.8 Å². The van der Waals surface area contributed by atoms with Crippen molar-refractivity contribution in [3.8, 4) is 11.3 Å². The SMILES string of the molecule is C/C=C(\C=N)c1ccccc1.C=CN.CC.CCC.CCc1cnc(-c2ccnc(C)c2)c(C)c1. The second kappa shape index (κ2) is 22.3. The zero-order valence-electron chi connectivity index (χ0n) is 23.1. The standard InChI is InChI=1S/C14H16N2.C10H11N.C3H8.C2H5N.C2H6/c1-4-12-7-10(2)14(16-9-12)13-5-6-15-11(3)8-13;1-2-9(8-11)10-6-4-3-5-7-10;1-3-2;1-2-3;1-2/h5-9H,4H2,1-3H3;2-8,11H,1H3;3H2,1-2H3;2H,1,3H2;1-2H3/b;9-2+,11-8?;;;. The molecule has 4 nitrogen and oxygen atoms in total. The van der Waals surface area contributed by atoms with Crippen LogP contribution in [0.5, 0.6) is 0 Å². The minimum absolute atomic E-state index is 0.964. The molecule has 0 saturated carbocycles. The van der Waals surface area contributed by atoms with E-state index in [-0.39, 0.29) is 0 Å². The fraction of sp³-hybridized carbons (Fsp3) is 0.323. The van der Waals surface area contributed by atoms with Crippen LogP contribution in [0.1, 0.15) is 70.3 Å². The first-order chi connectivity index (χ1) is 16.9. The van der Waals surface area contributed by atoms with E-state index in [2.05, 4.69) is 62.1 Å². The van der Waals surface area contributed by atoms with E-state index in [4.69, 9.17) is 5.41 Å². The average Bonchev–Trinajstić information content (AvgIpc) is 2.88. The predicted octanol–water partition coefficient (Wildman–Crippen LogP) is 8.59. The third-order valence-electron chi connectivity index (χ3n) is 4.29. The number of aromatic nitrogens is 2. The van der Waals surface area contributed by atoms with Gasteiger partial charge in [-0.3, -0.25) is 9.97 Å². The van der Waals surface area contributed by atoms with Crippen LogP contribution in [0, 0.1) is 19.3 Å². The molecule has 0 aliphatic rings. The normalized spacial score (nSPS) is 9.31. The quantitative estimate of drug-likeness (QED) is 0.372. The Morgan fingerprint density at radius 3 is 2.00 bits per heavy atom. The first-order valence-corrected chi connectivity index (χ1v) is 12.3. The fourth-order valence-electron chi connectivity index (χ4n) is 2.79. The van der Waals surface area contributed by atoms with Gasteiger partial charge < -0.3 is 11.1 Å². The van der Waals surface area contributed by atoms with E-state index in [0.29, 0.717) is 0 Å². The molecule has 3 N–H and O–H groups in total. The van der Waals surface area contributed by atoms with Crippen molar-refractivity contribution in [1.82, 2.24) is 9.97 Å². The molecule has 0 aliphatic carbocycles. The number of nitrogens with zero attached hydrogens (tertiary/aromatic N) is 2. The largest absolute Gasteiger partial charge is 0.405 e. The molecule has 0 fully saturated rings. The average molecular weight is 475 g/mol. The van der Waals surface area contributed by atoms with Crippen molar-refractivity contribution in [2.24, 2.45) is 5.73 Å². The van der Waals surface area contributed by atoms with Crippen LogP contribution in [0.15, 0.2) is 79.8 Å². The van der Waals surface area contributed by atoms with E-state index in [0.717, 1.165) is 34.5 Å². The minimum atomic E-state index is 0.964. The predicted molar refractivity (Wildman–Crippen MR) is 157 cm³/mol. The van der Waals surface area contributed by atoms with Crippen LogP contribution in [0.25, 0.3) is 16.8 Å². The van der Waals surface area contributed by atoms with Gasteiger partial charge in [-0.15, -0.1) is 0 Å². The van der Waals surface area contributed by atoms with Crippen LogP contribution in [0.4, 0.5) is 0 Å². The Balaban J connectivity index is 0. The molecule has 0 spiro atoms. The molecule has 0 aliphatic heterocycles. The van der Waals surface area contributed by atoms with E-state index in [1.807, 2.05) is 82.6 Å². The number of hydrogen-bond acceptors (Lipinski definition) is 4. The Morgan fingerprint density at radius 1 is 1.00 bits per heavy atom. The van der Waals surface area contributed by atoms with Crippen molar-refractivity contribution in [2.75, 3.05) is 0 Å². The molecule has 4 heteroatoms. The van der Waals surface area contributed by atoms with Crippen LogP contribution in [0.3, 0.4) is 0 Å². The van der Waals surface area contributed by atoms with Crippen molar-refractivity contribution in [2.45, 2.75) is 68.2 Å². The summed E-state index contributed by atoms with van der Waals surface area (Å²) in [6.45, 7) is 19.6. The van der Waals surface area contributed by atoms with Gasteiger partial charge in [0, 0.05) is 29.9 Å². The Kier molecular flexibility index (Phi) is 21.4. The van der Waals surface area contributed by atoms with Crippen molar-refractivity contribution in [3.05, 3.63) is 102 Å². The lowest BCUT2D eigenvalue weighted by Crippen LogP contribution is -1.92. The highest BCUT2D eigenvalue weighted by molar-refractivity contribution is 6.08. The molecule has 0 bridgehead atoms. The molecular formula is C31H46N4. The van der Waals surface area contributed by atoms with Crippen LogP contribution < -0.4 is 5.73 Å². The van der Waals surface area contributed by atoms with E-state index in [1.165, 1.54) is 30.0 Å². The summed E-state index contributed by atoms with van der Waals surface area (Å²) in [5.41, 5.74) is 12.4. The second-order valence-electron chi connectivity index (χ2n) is 7.25. The van der Waals surface area contributed by atoms with E-state index in [9.17, 15) is 0 Å². The zero-order valence-corrected chi connectivity index (χ0v) is 23.1. The van der Waals surface area contributed by atoms with Gasteiger partial charge in [0.25, 0.3) is 0 Å². The smallest absolute Gasteiger partial charge is 0.0732 e. The van der Waals surface area contributed by atoms with Gasteiger partial charge in [-0.25, -0.2) is 0 Å². The molecule has 3 aromatic rings. The summed E-state index contributed by atoms with van der Waals surface area (Å²) >= 11 is 0. The molecule has 1 aromatic carbocycles. The van der Waals surface area contributed by atoms with Gasteiger partial charge in [0.15, 0.2) is 0 Å². The maximum atomic E-state index is 7.10. The molecule has 2 heterocycles. The van der Waals surface area contributed by atoms with Gasteiger partial charge in [0.2, 0.25) is 0 Å². The Labute approximate surface area is 214 Å². The number of allylic oxidation sites excluding steroid dienone is 2. The zero-order chi connectivity index (χ0) is 27.1. The number of nitrogens with two attached hydrogens (primary N) is 1. The van der Waals surface area contributed by atoms with Crippen molar-refractivity contribution >= 4 is 11.8 Å². The van der Waals surface area contributed by atoms with Crippen LogP contribution in [0.2, 0.25) is 0 Å². The van der Waals surface area contributed by atoms with Crippen LogP contribution in [-0.4, -0.2) is 16.2 Å². The van der Waals surface area contributed by atoms with E-state index >= 15 is 0 Å². The lowest BCUT2D eigenvalue weighted by atomic mass is 10.0. The summed E-state index contributed by atoms with van der Waals surface area (Å²) in [5.74, 6) is 0. The molecule has 0 amide bonds. The third-order valence-corrected chi connectivity index (χ3v) is 4.29. The molecular weight excluding hydrogens is 428 g/mol. The molecule has 0 saturated heterocycles. The van der Waals surface area contributed by atoms with Gasteiger partial charge in [-0.1, -0.05) is 90.1 Å². The van der Waals surface area contributed by atoms with Gasteiger partial charge in [0.1, 0.15) is 0 Å². The highest BCUT2D eigenvalue weighted by atomic mass is 14.7. The highest BCUT2D eigenvalue weighted by Crippen LogP contribution is 2.21. The first kappa shape index (κ1) is 33.6. The maximum Gasteiger partial charge on any atom is 0.0732 e. The summed E-state index contributed by atoms with van der Waals surface area (Å²) in [4.78, 5) is 8.73. The molecule has 2 aromatic heterocycles. The number of hydrogen-bond donors (Lipinski definition) is 2. The Hall–Kier alpha value is -3.53. The third kappa shape index (κ3) is 14.4. The fourth-order valence-corrected chi connectivity index (χ4v) is 2.79. The lowest BCUT2D eigenvalue weighted by Gasteiger charge is -2.07. The maximum absolute atomic E-state index is 7.10. The summed E-state index contributed by atoms with van der Waals surface area (Å²) in [5, 5.41) is 7.10. The molecule has 0 atom stereocenters. The van der Waals surface area contributed by atoms with E-state index in [1.54, 1.807) is 0 Å². The van der Waals surface area contributed by atoms with Crippen LogP contribution in [-0.2, 0) is 6.42 Å². The van der Waals surface area contributed by atoms with Crippen molar-refractivity contribution in [1.29, 1.82) is 5.41 Å². The van der Waals surface area contributed by atoms with Gasteiger partial charge in [-0.2, -0.15) is 0 Å². The summed E-state index contributed by atoms with van der Waals surface area (Å²) in [7, 11) is 0. The van der Waals surface area contributed by atoms with Gasteiger partial charge >= 0.3 is 0 Å². The Bertz CT molecular complexity index is 976. The second-order valence-corrected chi connectivity index (χ2v) is 7.25. The summed E-state index contributed by atoms with van der Waals surface area (Å²) < 4.78 is 0. The number of nitrogens with one attached hydrogen (secondary N) is 1. The number of aryl methyl sites for hydroxylation is 3. The summed E-state index contributed by atoms with van der Waals surface area (Å²) in [6.07, 6.45) is 10.6. The minimum Gasteiger partial charge on any atom is -0.405 e. The Morgan fingerprint density at radius 2 is 1.57 bits per heavy atom. The van der Waals surface area contributed by atoms with E-state index < -0.39 is 0 Å². The monoisotopic (exact) mass is 474 g/mol. The van der Waals surface area contributed by atoms with Crippen molar-refractivity contribution < 1.29 is 0 Å². The van der Waals surface area contributed by atoms with Crippen LogP contribution >= 0.6 is 0 Å². The topological polar surface area (TPSA) is 75.7 Å². The van der Waals surface area contributed by atoms with Crippen molar-refractivity contribution in [3.63, 3.8) is 0 Å². The molecule has 3 rings (SSSR count). The number of pyridine rings is 2. The lowest BCUT2D eigenvalue weighted by molar-refractivity contribution is 1.09. The number of benzene rings is 1. The molecule has 35 heavy (non-hydrogen) atoms.